The van der Waals surface area contributed by atoms with Crippen LogP contribution in [0.25, 0.3) is 0 Å². The van der Waals surface area contributed by atoms with Gasteiger partial charge < -0.3 is 19.5 Å². The number of benzene rings is 1. The fraction of sp³-hybridized carbons (Fsp3) is 0.235. The number of methoxy groups -OCH3 is 1. The number of carbonyl (C=O) groups is 2. The zero-order valence-corrected chi connectivity index (χ0v) is 13.2. The third kappa shape index (κ3) is 3.15. The molecular weight excluding hydrogens is 312 g/mol. The van der Waals surface area contributed by atoms with Gasteiger partial charge in [0, 0.05) is 6.20 Å². The lowest BCUT2D eigenvalue weighted by atomic mass is 10.1. The van der Waals surface area contributed by atoms with E-state index in [1.807, 2.05) is 6.07 Å². The SMILES string of the molecule is COC(=O)c1ccnc(NC(=O)C2Oc3ccccc3OC2C)c1. The molecule has 24 heavy (non-hydrogen) atoms. The molecule has 1 aromatic heterocycles. The van der Waals surface area contributed by atoms with Crippen molar-refractivity contribution in [3.05, 3.63) is 48.2 Å². The number of para-hydroxylation sites is 2. The standard InChI is InChI=1S/C17H16N2O5/c1-10-15(24-13-6-4-3-5-12(13)23-10)16(20)19-14-9-11(7-8-18-14)17(21)22-2/h3-10,15H,1-2H3,(H,18,19,20). The molecular formula is C17H16N2O5. The quantitative estimate of drug-likeness (QED) is 0.868. The Morgan fingerprint density at radius 2 is 1.88 bits per heavy atom. The van der Waals surface area contributed by atoms with E-state index in [0.717, 1.165) is 0 Å². The maximum absolute atomic E-state index is 12.5. The number of hydrogen-bond acceptors (Lipinski definition) is 6. The second-order valence-electron chi connectivity index (χ2n) is 5.22. The number of esters is 1. The van der Waals surface area contributed by atoms with E-state index in [0.29, 0.717) is 17.1 Å². The summed E-state index contributed by atoms with van der Waals surface area (Å²) in [4.78, 5) is 28.0. The number of anilines is 1. The number of amides is 1. The number of aromatic nitrogens is 1. The van der Waals surface area contributed by atoms with E-state index < -0.39 is 24.1 Å². The number of hydrogen-bond donors (Lipinski definition) is 1. The average molecular weight is 328 g/mol. The minimum atomic E-state index is -0.830. The molecule has 0 radical (unpaired) electrons. The second-order valence-corrected chi connectivity index (χ2v) is 5.22. The molecule has 2 aromatic rings. The minimum absolute atomic E-state index is 0.234. The summed E-state index contributed by atoms with van der Waals surface area (Å²) in [6.07, 6.45) is 0.117. The van der Waals surface area contributed by atoms with Crippen LogP contribution in [0.3, 0.4) is 0 Å². The number of rotatable bonds is 3. The number of nitrogens with one attached hydrogen (secondary N) is 1. The highest BCUT2D eigenvalue weighted by atomic mass is 16.6. The summed E-state index contributed by atoms with van der Waals surface area (Å²) >= 11 is 0. The normalized spacial score (nSPS) is 18.6. The van der Waals surface area contributed by atoms with Crippen molar-refractivity contribution in [1.82, 2.24) is 4.98 Å². The Labute approximate surface area is 138 Å². The number of nitrogens with zero attached hydrogens (tertiary/aromatic N) is 1. The van der Waals surface area contributed by atoms with E-state index in [1.165, 1.54) is 25.4 Å². The Kier molecular flexibility index (Phi) is 4.33. The van der Waals surface area contributed by atoms with E-state index in [2.05, 4.69) is 15.0 Å². The van der Waals surface area contributed by atoms with Crippen molar-refractivity contribution in [3.63, 3.8) is 0 Å². The molecule has 1 aliphatic rings. The molecule has 1 N–H and O–H groups in total. The van der Waals surface area contributed by atoms with E-state index >= 15 is 0 Å². The largest absolute Gasteiger partial charge is 0.482 e. The molecule has 2 atom stereocenters. The van der Waals surface area contributed by atoms with Crippen LogP contribution in [0.4, 0.5) is 5.82 Å². The molecule has 7 heteroatoms. The van der Waals surface area contributed by atoms with Gasteiger partial charge >= 0.3 is 5.97 Å². The topological polar surface area (TPSA) is 86.8 Å². The monoisotopic (exact) mass is 328 g/mol. The molecule has 0 aliphatic carbocycles. The van der Waals surface area contributed by atoms with Crippen LogP contribution < -0.4 is 14.8 Å². The van der Waals surface area contributed by atoms with Gasteiger partial charge in [0.1, 0.15) is 11.9 Å². The van der Waals surface area contributed by atoms with E-state index in [-0.39, 0.29) is 5.82 Å². The van der Waals surface area contributed by atoms with E-state index in [4.69, 9.17) is 9.47 Å². The van der Waals surface area contributed by atoms with E-state index in [9.17, 15) is 9.59 Å². The summed E-state index contributed by atoms with van der Waals surface area (Å²) in [5, 5.41) is 2.63. The number of ether oxygens (including phenoxy) is 3. The van der Waals surface area contributed by atoms with Crippen LogP contribution in [0.5, 0.6) is 11.5 Å². The van der Waals surface area contributed by atoms with Gasteiger partial charge in [-0.1, -0.05) is 12.1 Å². The lowest BCUT2D eigenvalue weighted by Crippen LogP contribution is -2.46. The molecule has 0 spiro atoms. The van der Waals surface area contributed by atoms with Gasteiger partial charge in [-0.15, -0.1) is 0 Å². The van der Waals surface area contributed by atoms with Gasteiger partial charge in [0.2, 0.25) is 6.10 Å². The van der Waals surface area contributed by atoms with Crippen molar-refractivity contribution < 1.29 is 23.8 Å². The number of fused-ring (bicyclic) bond motifs is 1. The van der Waals surface area contributed by atoms with Crippen LogP contribution in [-0.4, -0.2) is 36.2 Å². The first kappa shape index (κ1) is 15.8. The average Bonchev–Trinajstić information content (AvgIpc) is 2.60. The van der Waals surface area contributed by atoms with Crippen LogP contribution >= 0.6 is 0 Å². The van der Waals surface area contributed by atoms with Gasteiger partial charge in [-0.05, 0) is 31.2 Å². The van der Waals surface area contributed by atoms with Crippen molar-refractivity contribution in [2.45, 2.75) is 19.1 Å². The molecule has 1 aromatic carbocycles. The summed E-state index contributed by atoms with van der Waals surface area (Å²) in [5.74, 6) is 0.420. The summed E-state index contributed by atoms with van der Waals surface area (Å²) < 4.78 is 16.1. The molecule has 0 bridgehead atoms. The van der Waals surface area contributed by atoms with E-state index in [1.54, 1.807) is 25.1 Å². The molecule has 0 saturated heterocycles. The smallest absolute Gasteiger partial charge is 0.338 e. The molecule has 0 saturated carbocycles. The highest BCUT2D eigenvalue weighted by molar-refractivity contribution is 5.96. The van der Waals surface area contributed by atoms with Crippen molar-refractivity contribution in [2.24, 2.45) is 0 Å². The van der Waals surface area contributed by atoms with Crippen molar-refractivity contribution in [1.29, 1.82) is 0 Å². The Balaban J connectivity index is 1.75. The van der Waals surface area contributed by atoms with Crippen molar-refractivity contribution in [2.75, 3.05) is 12.4 Å². The Morgan fingerprint density at radius 1 is 1.17 bits per heavy atom. The molecule has 3 rings (SSSR count). The number of pyridine rings is 1. The molecule has 2 heterocycles. The molecule has 2 unspecified atom stereocenters. The van der Waals surface area contributed by atoms with Gasteiger partial charge in [-0.3, -0.25) is 4.79 Å². The highest BCUT2D eigenvalue weighted by Gasteiger charge is 2.34. The van der Waals surface area contributed by atoms with Crippen LogP contribution in [-0.2, 0) is 9.53 Å². The van der Waals surface area contributed by atoms with Gasteiger partial charge in [0.15, 0.2) is 11.5 Å². The molecule has 7 nitrogen and oxygen atoms in total. The van der Waals surface area contributed by atoms with Crippen molar-refractivity contribution >= 4 is 17.7 Å². The zero-order chi connectivity index (χ0) is 17.1. The maximum Gasteiger partial charge on any atom is 0.338 e. The minimum Gasteiger partial charge on any atom is -0.482 e. The molecule has 124 valence electrons. The van der Waals surface area contributed by atoms with Crippen LogP contribution in [0, 0.1) is 0 Å². The Bertz CT molecular complexity index is 777. The van der Waals surface area contributed by atoms with Crippen LogP contribution in [0.15, 0.2) is 42.6 Å². The zero-order valence-electron chi connectivity index (χ0n) is 13.2. The van der Waals surface area contributed by atoms with Gasteiger partial charge in [0.25, 0.3) is 5.91 Å². The first-order valence-electron chi connectivity index (χ1n) is 7.36. The summed E-state index contributed by atoms with van der Waals surface area (Å²) in [6, 6.07) is 10.1. The fourth-order valence-corrected chi connectivity index (χ4v) is 2.35. The van der Waals surface area contributed by atoms with Gasteiger partial charge in [0.05, 0.1) is 12.7 Å². The number of carbonyl (C=O) groups excluding carboxylic acids is 2. The summed E-state index contributed by atoms with van der Waals surface area (Å²) in [5.41, 5.74) is 0.294. The second kappa shape index (κ2) is 6.57. The lowest BCUT2D eigenvalue weighted by molar-refractivity contribution is -0.128. The Hall–Kier alpha value is -3.09. The molecule has 0 fully saturated rings. The predicted molar refractivity (Wildman–Crippen MR) is 85.2 cm³/mol. The maximum atomic E-state index is 12.5. The molecule has 1 aliphatic heterocycles. The third-order valence-corrected chi connectivity index (χ3v) is 3.53. The van der Waals surface area contributed by atoms with Crippen molar-refractivity contribution in [3.8, 4) is 11.5 Å². The Morgan fingerprint density at radius 3 is 2.58 bits per heavy atom. The van der Waals surface area contributed by atoms with Crippen LogP contribution in [0.1, 0.15) is 17.3 Å². The molecule has 1 amide bonds. The fourth-order valence-electron chi connectivity index (χ4n) is 2.35. The summed E-state index contributed by atoms with van der Waals surface area (Å²) in [7, 11) is 1.29. The van der Waals surface area contributed by atoms with Gasteiger partial charge in [-0.25, -0.2) is 9.78 Å². The predicted octanol–water partition coefficient (Wildman–Crippen LogP) is 2.04. The first-order chi connectivity index (χ1) is 11.6. The van der Waals surface area contributed by atoms with Crippen LogP contribution in [0.2, 0.25) is 0 Å². The lowest BCUT2D eigenvalue weighted by Gasteiger charge is -2.30. The highest BCUT2D eigenvalue weighted by Crippen LogP contribution is 2.33. The first-order valence-corrected chi connectivity index (χ1v) is 7.36. The van der Waals surface area contributed by atoms with Gasteiger partial charge in [-0.2, -0.15) is 0 Å². The third-order valence-electron chi connectivity index (χ3n) is 3.53. The summed E-state index contributed by atoms with van der Waals surface area (Å²) in [6.45, 7) is 1.75.